The molecule has 2 aromatic rings. The fourth-order valence-electron chi connectivity index (χ4n) is 3.66. The van der Waals surface area contributed by atoms with Gasteiger partial charge in [-0.2, -0.15) is 5.10 Å². The molecule has 25 heavy (non-hydrogen) atoms. The fraction of sp³-hybridized carbons (Fsp3) is 0.421. The van der Waals surface area contributed by atoms with Crippen LogP contribution in [-0.2, 0) is 6.54 Å². The molecule has 6 heteroatoms. The molecule has 130 valence electrons. The zero-order valence-electron chi connectivity index (χ0n) is 14.5. The van der Waals surface area contributed by atoms with Gasteiger partial charge in [0.25, 0.3) is 11.8 Å². The van der Waals surface area contributed by atoms with E-state index in [2.05, 4.69) is 24.0 Å². The minimum atomic E-state index is -0.0604. The summed E-state index contributed by atoms with van der Waals surface area (Å²) in [7, 11) is 0. The van der Waals surface area contributed by atoms with Crippen LogP contribution in [0.1, 0.15) is 58.3 Å². The van der Waals surface area contributed by atoms with Crippen LogP contribution in [0, 0.1) is 0 Å². The average Bonchev–Trinajstić information content (AvgIpc) is 3.33. The molecule has 2 aliphatic rings. The highest BCUT2D eigenvalue weighted by molar-refractivity contribution is 5.98. The molecule has 0 bridgehead atoms. The van der Waals surface area contributed by atoms with Crippen molar-refractivity contribution in [3.05, 3.63) is 52.8 Å². The number of H-pyrrole nitrogens is 1. The smallest absolute Gasteiger partial charge is 0.274 e. The first-order valence-electron chi connectivity index (χ1n) is 8.78. The Morgan fingerprint density at radius 3 is 2.84 bits per heavy atom. The van der Waals surface area contributed by atoms with Crippen LogP contribution in [0.5, 0.6) is 0 Å². The van der Waals surface area contributed by atoms with Crippen LogP contribution in [0.3, 0.4) is 0 Å². The number of aromatic amines is 1. The van der Waals surface area contributed by atoms with Crippen LogP contribution >= 0.6 is 0 Å². The molecule has 3 heterocycles. The van der Waals surface area contributed by atoms with Crippen molar-refractivity contribution in [2.75, 3.05) is 13.1 Å². The predicted octanol–water partition coefficient (Wildman–Crippen LogP) is 2.40. The summed E-state index contributed by atoms with van der Waals surface area (Å²) in [4.78, 5) is 29.0. The van der Waals surface area contributed by atoms with Gasteiger partial charge in [0.05, 0.1) is 6.04 Å². The van der Waals surface area contributed by atoms with Gasteiger partial charge in [0, 0.05) is 30.9 Å². The van der Waals surface area contributed by atoms with Crippen LogP contribution in [0.25, 0.3) is 0 Å². The second kappa shape index (κ2) is 6.02. The number of amides is 2. The maximum absolute atomic E-state index is 12.7. The van der Waals surface area contributed by atoms with Crippen molar-refractivity contribution in [1.82, 2.24) is 20.0 Å². The van der Waals surface area contributed by atoms with Crippen molar-refractivity contribution >= 4 is 11.8 Å². The normalized spacial score (nSPS) is 19.8. The van der Waals surface area contributed by atoms with Crippen LogP contribution in [0.4, 0.5) is 0 Å². The molecule has 1 aromatic heterocycles. The largest absolute Gasteiger partial charge is 0.335 e. The Kier molecular flexibility index (Phi) is 3.82. The van der Waals surface area contributed by atoms with Crippen molar-refractivity contribution in [2.24, 2.45) is 0 Å². The lowest BCUT2D eigenvalue weighted by molar-refractivity contribution is 0.0675. The molecule has 1 aromatic carbocycles. The molecule has 0 aliphatic carbocycles. The van der Waals surface area contributed by atoms with Crippen molar-refractivity contribution in [1.29, 1.82) is 0 Å². The van der Waals surface area contributed by atoms with Crippen molar-refractivity contribution < 1.29 is 9.59 Å². The summed E-state index contributed by atoms with van der Waals surface area (Å²) in [5, 5.41) is 7.09. The summed E-state index contributed by atoms with van der Waals surface area (Å²) in [6.07, 6.45) is 0.812. The Morgan fingerprint density at radius 2 is 2.12 bits per heavy atom. The fourth-order valence-corrected chi connectivity index (χ4v) is 3.66. The lowest BCUT2D eigenvalue weighted by atomic mass is 10.1. The quantitative estimate of drug-likeness (QED) is 0.934. The number of nitrogens with zero attached hydrogens (tertiary/aromatic N) is 3. The number of benzene rings is 1. The zero-order valence-corrected chi connectivity index (χ0v) is 14.5. The third kappa shape index (κ3) is 2.71. The molecule has 0 saturated carbocycles. The molecule has 1 unspecified atom stereocenters. The molecular weight excluding hydrogens is 316 g/mol. The van der Waals surface area contributed by atoms with E-state index in [0.717, 1.165) is 23.2 Å². The van der Waals surface area contributed by atoms with Crippen molar-refractivity contribution in [2.45, 2.75) is 38.8 Å². The van der Waals surface area contributed by atoms with Gasteiger partial charge in [-0.15, -0.1) is 0 Å². The van der Waals surface area contributed by atoms with Crippen molar-refractivity contribution in [3.8, 4) is 0 Å². The number of hydrogen-bond donors (Lipinski definition) is 1. The third-order valence-electron chi connectivity index (χ3n) is 5.18. The number of carbonyl (C=O) groups excluding carboxylic acids is 2. The molecular formula is C19H22N4O2. The molecule has 2 amide bonds. The standard InChI is InChI=1S/C19H22N4O2/c1-12(2)16-9-17(21-20-16)19(25)22-8-7-14(11-22)23-10-13-5-3-4-6-15(13)18(23)24/h3-6,9,12,14H,7-8,10-11H2,1-2H3,(H,20,21). The summed E-state index contributed by atoms with van der Waals surface area (Å²) in [6.45, 7) is 5.99. The first-order chi connectivity index (χ1) is 12.0. The van der Waals surface area contributed by atoms with E-state index in [0.29, 0.717) is 31.2 Å². The monoisotopic (exact) mass is 338 g/mol. The van der Waals surface area contributed by atoms with Gasteiger partial charge < -0.3 is 9.80 Å². The SMILES string of the molecule is CC(C)c1cc(C(=O)N2CCC(N3Cc4ccccc4C3=O)C2)n[nH]1. The van der Waals surface area contributed by atoms with Gasteiger partial charge in [0.2, 0.25) is 0 Å². The number of hydrogen-bond acceptors (Lipinski definition) is 3. The highest BCUT2D eigenvalue weighted by Gasteiger charge is 2.37. The van der Waals surface area contributed by atoms with Crippen LogP contribution in [-0.4, -0.2) is 50.9 Å². The number of carbonyl (C=O) groups is 2. The van der Waals surface area contributed by atoms with Gasteiger partial charge in [-0.05, 0) is 30.0 Å². The Bertz CT molecular complexity index is 826. The number of nitrogens with one attached hydrogen (secondary N) is 1. The van der Waals surface area contributed by atoms with Crippen LogP contribution < -0.4 is 0 Å². The van der Waals surface area contributed by atoms with Crippen LogP contribution in [0.15, 0.2) is 30.3 Å². The number of likely N-dealkylation sites (tertiary alicyclic amines) is 1. The van der Waals surface area contributed by atoms with E-state index in [9.17, 15) is 9.59 Å². The summed E-state index contributed by atoms with van der Waals surface area (Å²) >= 11 is 0. The van der Waals surface area contributed by atoms with Gasteiger partial charge in [0.15, 0.2) is 0 Å². The molecule has 1 saturated heterocycles. The summed E-state index contributed by atoms with van der Waals surface area (Å²) < 4.78 is 0. The van der Waals surface area contributed by atoms with E-state index < -0.39 is 0 Å². The second-order valence-electron chi connectivity index (χ2n) is 7.15. The maximum atomic E-state index is 12.7. The molecule has 1 N–H and O–H groups in total. The van der Waals surface area contributed by atoms with Crippen LogP contribution in [0.2, 0.25) is 0 Å². The predicted molar refractivity (Wildman–Crippen MR) is 93.3 cm³/mol. The Morgan fingerprint density at radius 1 is 1.32 bits per heavy atom. The Labute approximate surface area is 146 Å². The van der Waals surface area contributed by atoms with E-state index in [1.54, 1.807) is 4.90 Å². The lowest BCUT2D eigenvalue weighted by Gasteiger charge is -2.24. The van der Waals surface area contributed by atoms with E-state index in [1.807, 2.05) is 35.2 Å². The molecule has 2 aliphatic heterocycles. The highest BCUT2D eigenvalue weighted by atomic mass is 16.2. The highest BCUT2D eigenvalue weighted by Crippen LogP contribution is 2.28. The second-order valence-corrected chi connectivity index (χ2v) is 7.15. The molecule has 1 fully saturated rings. The van der Waals surface area contributed by atoms with Gasteiger partial charge in [-0.3, -0.25) is 14.7 Å². The molecule has 4 rings (SSSR count). The number of fused-ring (bicyclic) bond motifs is 1. The van der Waals surface area contributed by atoms with E-state index in [1.165, 1.54) is 0 Å². The van der Waals surface area contributed by atoms with Gasteiger partial charge in [-0.1, -0.05) is 32.0 Å². The first-order valence-corrected chi connectivity index (χ1v) is 8.78. The van der Waals surface area contributed by atoms with Crippen molar-refractivity contribution in [3.63, 3.8) is 0 Å². The average molecular weight is 338 g/mol. The van der Waals surface area contributed by atoms with E-state index in [-0.39, 0.29) is 17.9 Å². The molecule has 0 radical (unpaired) electrons. The minimum Gasteiger partial charge on any atom is -0.335 e. The molecule has 1 atom stereocenters. The minimum absolute atomic E-state index is 0.0604. The number of rotatable bonds is 3. The van der Waals surface area contributed by atoms with E-state index >= 15 is 0 Å². The maximum Gasteiger partial charge on any atom is 0.274 e. The van der Waals surface area contributed by atoms with Gasteiger partial charge in [0.1, 0.15) is 5.69 Å². The summed E-state index contributed by atoms with van der Waals surface area (Å²) in [5.74, 6) is 0.327. The zero-order chi connectivity index (χ0) is 17.6. The Balaban J connectivity index is 1.45. The summed E-state index contributed by atoms with van der Waals surface area (Å²) in [5.41, 5.74) is 3.29. The lowest BCUT2D eigenvalue weighted by Crippen LogP contribution is -2.39. The molecule has 0 spiro atoms. The third-order valence-corrected chi connectivity index (χ3v) is 5.18. The molecule has 6 nitrogen and oxygen atoms in total. The van der Waals surface area contributed by atoms with Gasteiger partial charge in [-0.25, -0.2) is 0 Å². The Hall–Kier alpha value is -2.63. The van der Waals surface area contributed by atoms with E-state index in [4.69, 9.17) is 0 Å². The number of aromatic nitrogens is 2. The van der Waals surface area contributed by atoms with Gasteiger partial charge >= 0.3 is 0 Å². The topological polar surface area (TPSA) is 69.3 Å². The first kappa shape index (κ1) is 15.9. The summed E-state index contributed by atoms with van der Waals surface area (Å²) in [6, 6.07) is 9.65.